The van der Waals surface area contributed by atoms with Gasteiger partial charge in [0.2, 0.25) is 0 Å². The third-order valence-corrected chi connectivity index (χ3v) is 3.19. The van der Waals surface area contributed by atoms with Gasteiger partial charge < -0.3 is 5.32 Å². The second kappa shape index (κ2) is 4.45. The van der Waals surface area contributed by atoms with Gasteiger partial charge in [0.1, 0.15) is 16.7 Å². The van der Waals surface area contributed by atoms with Crippen molar-refractivity contribution in [3.8, 4) is 0 Å². The van der Waals surface area contributed by atoms with Crippen molar-refractivity contribution >= 4 is 11.6 Å². The van der Waals surface area contributed by atoms with E-state index in [1.165, 1.54) is 12.1 Å². The van der Waals surface area contributed by atoms with Gasteiger partial charge in [0, 0.05) is 0 Å². The van der Waals surface area contributed by atoms with Crippen molar-refractivity contribution in [2.24, 2.45) is 0 Å². The molecule has 0 spiro atoms. The topological polar surface area (TPSA) is 12.0 Å². The monoisotopic (exact) mass is 231 g/mol. The van der Waals surface area contributed by atoms with Gasteiger partial charge in [-0.25, -0.2) is 8.78 Å². The second-order valence-corrected chi connectivity index (χ2v) is 4.17. The van der Waals surface area contributed by atoms with Crippen molar-refractivity contribution in [1.29, 1.82) is 0 Å². The summed E-state index contributed by atoms with van der Waals surface area (Å²) >= 11 is 5.54. The first-order valence-corrected chi connectivity index (χ1v) is 5.42. The minimum Gasteiger partial charge on any atom is -0.317 e. The molecular formula is C11H12ClF2N. The smallest absolute Gasteiger partial charge is 0.148 e. The summed E-state index contributed by atoms with van der Waals surface area (Å²) in [6, 6.07) is 2.75. The molecule has 0 unspecified atom stereocenters. The van der Waals surface area contributed by atoms with E-state index in [1.54, 1.807) is 0 Å². The molecule has 1 nitrogen and oxygen atoms in total. The predicted octanol–water partition coefficient (Wildman–Crippen LogP) is 3.09. The molecule has 0 atom stereocenters. The third kappa shape index (κ3) is 2.13. The number of hydrogen-bond acceptors (Lipinski definition) is 1. The number of piperidine rings is 1. The number of nitrogens with one attached hydrogen (secondary N) is 1. The Morgan fingerprint density at radius 2 is 1.87 bits per heavy atom. The lowest BCUT2D eigenvalue weighted by Crippen LogP contribution is -2.27. The van der Waals surface area contributed by atoms with Crippen LogP contribution in [0.25, 0.3) is 0 Å². The lowest BCUT2D eigenvalue weighted by atomic mass is 9.90. The number of benzene rings is 1. The van der Waals surface area contributed by atoms with E-state index in [0.29, 0.717) is 5.56 Å². The summed E-state index contributed by atoms with van der Waals surface area (Å²) in [6.45, 7) is 1.75. The molecule has 0 aromatic heterocycles. The van der Waals surface area contributed by atoms with E-state index < -0.39 is 11.6 Å². The maximum absolute atomic E-state index is 13.7. The summed E-state index contributed by atoms with van der Waals surface area (Å²) in [4.78, 5) is 0. The zero-order valence-electron chi connectivity index (χ0n) is 8.19. The van der Waals surface area contributed by atoms with Gasteiger partial charge in [-0.3, -0.25) is 0 Å². The molecule has 4 heteroatoms. The number of halogens is 3. The van der Waals surface area contributed by atoms with Crippen LogP contribution >= 0.6 is 11.6 Å². The van der Waals surface area contributed by atoms with Crippen molar-refractivity contribution in [3.63, 3.8) is 0 Å². The van der Waals surface area contributed by atoms with E-state index in [0.717, 1.165) is 25.9 Å². The van der Waals surface area contributed by atoms with Crippen LogP contribution in [0, 0.1) is 11.6 Å². The molecule has 0 bridgehead atoms. The SMILES string of the molecule is Fc1ccc(C2CCNCC2)c(F)c1Cl. The fraction of sp³-hybridized carbons (Fsp3) is 0.455. The molecule has 2 rings (SSSR count). The van der Waals surface area contributed by atoms with Crippen LogP contribution in [0.2, 0.25) is 5.02 Å². The molecule has 82 valence electrons. The Morgan fingerprint density at radius 3 is 2.53 bits per heavy atom. The molecule has 15 heavy (non-hydrogen) atoms. The maximum atomic E-state index is 13.7. The molecule has 0 aliphatic carbocycles. The number of hydrogen-bond donors (Lipinski definition) is 1. The molecule has 1 aliphatic rings. The fourth-order valence-corrected chi connectivity index (χ4v) is 2.16. The highest BCUT2D eigenvalue weighted by Crippen LogP contribution is 2.31. The fourth-order valence-electron chi connectivity index (χ4n) is 1.99. The Morgan fingerprint density at radius 1 is 1.20 bits per heavy atom. The molecule has 1 fully saturated rings. The van der Waals surface area contributed by atoms with Crippen molar-refractivity contribution in [1.82, 2.24) is 5.32 Å². The third-order valence-electron chi connectivity index (χ3n) is 2.84. The largest absolute Gasteiger partial charge is 0.317 e. The van der Waals surface area contributed by atoms with Crippen molar-refractivity contribution in [3.05, 3.63) is 34.4 Å². The minimum absolute atomic E-state index is 0.157. The molecule has 0 saturated carbocycles. The molecular weight excluding hydrogens is 220 g/mol. The Kier molecular flexibility index (Phi) is 3.22. The molecule has 1 saturated heterocycles. The van der Waals surface area contributed by atoms with E-state index >= 15 is 0 Å². The van der Waals surface area contributed by atoms with Crippen LogP contribution in [0.1, 0.15) is 24.3 Å². The van der Waals surface area contributed by atoms with Gasteiger partial charge in [-0.15, -0.1) is 0 Å². The minimum atomic E-state index is -0.688. The Hall–Kier alpha value is -0.670. The predicted molar refractivity (Wildman–Crippen MR) is 56.2 cm³/mol. The molecule has 1 N–H and O–H groups in total. The van der Waals surface area contributed by atoms with Gasteiger partial charge in [0.25, 0.3) is 0 Å². The van der Waals surface area contributed by atoms with E-state index in [9.17, 15) is 8.78 Å². The van der Waals surface area contributed by atoms with Gasteiger partial charge >= 0.3 is 0 Å². The quantitative estimate of drug-likeness (QED) is 0.733. The van der Waals surface area contributed by atoms with Crippen molar-refractivity contribution < 1.29 is 8.78 Å². The van der Waals surface area contributed by atoms with Gasteiger partial charge in [-0.2, -0.15) is 0 Å². The van der Waals surface area contributed by atoms with Gasteiger partial charge in [-0.1, -0.05) is 17.7 Å². The summed E-state index contributed by atoms with van der Waals surface area (Å²) in [5.41, 5.74) is 0.544. The lowest BCUT2D eigenvalue weighted by molar-refractivity contribution is 0.443. The molecule has 1 aliphatic heterocycles. The van der Waals surface area contributed by atoms with Gasteiger partial charge in [-0.05, 0) is 43.5 Å². The first kappa shape index (κ1) is 10.8. The van der Waals surface area contributed by atoms with Gasteiger partial charge in [0.05, 0.1) is 0 Å². The Bertz CT molecular complexity index is 362. The Labute approximate surface area is 92.4 Å². The van der Waals surface area contributed by atoms with Crippen LogP contribution < -0.4 is 5.32 Å². The summed E-state index contributed by atoms with van der Waals surface area (Å²) in [7, 11) is 0. The van der Waals surface area contributed by atoms with Gasteiger partial charge in [0.15, 0.2) is 0 Å². The zero-order chi connectivity index (χ0) is 10.8. The molecule has 0 amide bonds. The first-order valence-electron chi connectivity index (χ1n) is 5.04. The van der Waals surface area contributed by atoms with Crippen LogP contribution in [0.4, 0.5) is 8.78 Å². The highest BCUT2D eigenvalue weighted by molar-refractivity contribution is 6.30. The highest BCUT2D eigenvalue weighted by atomic mass is 35.5. The highest BCUT2D eigenvalue weighted by Gasteiger charge is 2.21. The zero-order valence-corrected chi connectivity index (χ0v) is 8.95. The summed E-state index contributed by atoms with van der Waals surface area (Å²) in [6.07, 6.45) is 1.75. The number of rotatable bonds is 1. The van der Waals surface area contributed by atoms with Crippen molar-refractivity contribution in [2.75, 3.05) is 13.1 Å². The van der Waals surface area contributed by atoms with Crippen LogP contribution in [0.3, 0.4) is 0 Å². The lowest BCUT2D eigenvalue weighted by Gasteiger charge is -2.23. The maximum Gasteiger partial charge on any atom is 0.148 e. The second-order valence-electron chi connectivity index (χ2n) is 3.79. The van der Waals surface area contributed by atoms with E-state index in [-0.39, 0.29) is 10.9 Å². The molecule has 1 aromatic carbocycles. The van der Waals surface area contributed by atoms with E-state index in [1.807, 2.05) is 0 Å². The molecule has 0 radical (unpaired) electrons. The summed E-state index contributed by atoms with van der Waals surface area (Å²) in [5, 5.41) is 2.82. The van der Waals surface area contributed by atoms with Crippen molar-refractivity contribution in [2.45, 2.75) is 18.8 Å². The standard InChI is InChI=1S/C11H12ClF2N/c12-10-9(13)2-1-8(11(10)14)7-3-5-15-6-4-7/h1-2,7,15H,3-6H2. The average Bonchev–Trinajstić information content (AvgIpc) is 2.27. The van der Waals surface area contributed by atoms with E-state index in [2.05, 4.69) is 5.32 Å². The van der Waals surface area contributed by atoms with Crippen LogP contribution in [0.15, 0.2) is 12.1 Å². The average molecular weight is 232 g/mol. The first-order chi connectivity index (χ1) is 7.20. The molecule has 1 aromatic rings. The van der Waals surface area contributed by atoms with Crippen LogP contribution in [0.5, 0.6) is 0 Å². The Balaban J connectivity index is 2.31. The van der Waals surface area contributed by atoms with Crippen LogP contribution in [-0.2, 0) is 0 Å². The van der Waals surface area contributed by atoms with Crippen LogP contribution in [-0.4, -0.2) is 13.1 Å². The normalized spacial score (nSPS) is 18.1. The molecule has 1 heterocycles. The summed E-state index contributed by atoms with van der Waals surface area (Å²) in [5.74, 6) is -1.13. The summed E-state index contributed by atoms with van der Waals surface area (Å²) < 4.78 is 26.6. The van der Waals surface area contributed by atoms with E-state index in [4.69, 9.17) is 11.6 Å².